The van der Waals surface area contributed by atoms with E-state index in [1.807, 2.05) is 11.0 Å². The van der Waals surface area contributed by atoms with E-state index in [9.17, 15) is 9.59 Å². The second-order valence-electron chi connectivity index (χ2n) is 6.89. The molecule has 29 heavy (non-hydrogen) atoms. The number of benzene rings is 2. The number of amides is 2. The quantitative estimate of drug-likeness (QED) is 0.774. The molecule has 0 radical (unpaired) electrons. The molecular formula is C22H26N2O5. The molecule has 1 N–H and O–H groups in total. The standard InChI is InChI=1S/C22H26N2O5/c1-15-7-6-12-24(15)22(26)16-10-11-19(20(13-16)28-3)29-14-21(25)23-17-8-4-5-9-18(17)27-2/h4-5,8-11,13,15H,6-7,12,14H2,1-3H3,(H,23,25). The van der Waals surface area contributed by atoms with E-state index in [4.69, 9.17) is 14.2 Å². The number of para-hydroxylation sites is 2. The minimum absolute atomic E-state index is 0.0197. The van der Waals surface area contributed by atoms with Crippen LogP contribution < -0.4 is 19.5 Å². The number of nitrogens with one attached hydrogen (secondary N) is 1. The van der Waals surface area contributed by atoms with Crippen molar-refractivity contribution in [3.63, 3.8) is 0 Å². The van der Waals surface area contributed by atoms with Gasteiger partial charge in [0.25, 0.3) is 11.8 Å². The van der Waals surface area contributed by atoms with Gasteiger partial charge in [0, 0.05) is 18.2 Å². The molecule has 1 saturated heterocycles. The monoisotopic (exact) mass is 398 g/mol. The Morgan fingerprint density at radius 2 is 1.83 bits per heavy atom. The van der Waals surface area contributed by atoms with Crippen LogP contribution in [0, 0.1) is 0 Å². The third-order valence-electron chi connectivity index (χ3n) is 4.96. The third-order valence-corrected chi connectivity index (χ3v) is 4.96. The van der Waals surface area contributed by atoms with Crippen molar-refractivity contribution in [2.75, 3.05) is 32.7 Å². The number of likely N-dealkylation sites (tertiary alicyclic amines) is 1. The summed E-state index contributed by atoms with van der Waals surface area (Å²) in [5, 5.41) is 2.75. The summed E-state index contributed by atoms with van der Waals surface area (Å²) in [7, 11) is 3.04. The number of rotatable bonds is 7. The van der Waals surface area contributed by atoms with E-state index in [1.165, 1.54) is 14.2 Å². The van der Waals surface area contributed by atoms with Gasteiger partial charge in [0.1, 0.15) is 5.75 Å². The van der Waals surface area contributed by atoms with Crippen LogP contribution in [0.15, 0.2) is 42.5 Å². The molecule has 0 spiro atoms. The lowest BCUT2D eigenvalue weighted by Crippen LogP contribution is -2.33. The molecule has 0 aromatic heterocycles. The van der Waals surface area contributed by atoms with Crippen LogP contribution in [0.2, 0.25) is 0 Å². The first-order valence-corrected chi connectivity index (χ1v) is 9.58. The summed E-state index contributed by atoms with van der Waals surface area (Å²) in [4.78, 5) is 26.8. The number of hydrogen-bond donors (Lipinski definition) is 1. The van der Waals surface area contributed by atoms with Gasteiger partial charge in [-0.25, -0.2) is 0 Å². The highest BCUT2D eigenvalue weighted by Crippen LogP contribution is 2.30. The van der Waals surface area contributed by atoms with Gasteiger partial charge < -0.3 is 24.4 Å². The van der Waals surface area contributed by atoms with Gasteiger partial charge in [-0.1, -0.05) is 12.1 Å². The number of anilines is 1. The van der Waals surface area contributed by atoms with Gasteiger partial charge in [0.15, 0.2) is 18.1 Å². The normalized spacial score (nSPS) is 15.7. The fraction of sp³-hybridized carbons (Fsp3) is 0.364. The number of nitrogens with zero attached hydrogens (tertiary/aromatic N) is 1. The maximum absolute atomic E-state index is 12.7. The largest absolute Gasteiger partial charge is 0.495 e. The van der Waals surface area contributed by atoms with E-state index in [-0.39, 0.29) is 24.5 Å². The van der Waals surface area contributed by atoms with Gasteiger partial charge in [-0.2, -0.15) is 0 Å². The number of hydrogen-bond acceptors (Lipinski definition) is 5. The molecule has 1 atom stereocenters. The average molecular weight is 398 g/mol. The predicted octanol–water partition coefficient (Wildman–Crippen LogP) is 3.35. The number of ether oxygens (including phenoxy) is 3. The van der Waals surface area contributed by atoms with Crippen LogP contribution in [0.4, 0.5) is 5.69 Å². The Labute approximate surface area is 170 Å². The predicted molar refractivity (Wildman–Crippen MR) is 110 cm³/mol. The Bertz CT molecular complexity index is 883. The SMILES string of the molecule is COc1ccccc1NC(=O)COc1ccc(C(=O)N2CCCC2C)cc1OC. The van der Waals surface area contributed by atoms with E-state index in [1.54, 1.807) is 36.4 Å². The lowest BCUT2D eigenvalue weighted by Gasteiger charge is -2.22. The number of carbonyl (C=O) groups is 2. The van der Waals surface area contributed by atoms with Crippen LogP contribution in [-0.2, 0) is 4.79 Å². The van der Waals surface area contributed by atoms with Crippen LogP contribution in [0.5, 0.6) is 17.2 Å². The molecule has 0 saturated carbocycles. The fourth-order valence-electron chi connectivity index (χ4n) is 3.40. The molecule has 1 heterocycles. The topological polar surface area (TPSA) is 77.1 Å². The zero-order chi connectivity index (χ0) is 20.8. The van der Waals surface area contributed by atoms with Crippen molar-refractivity contribution in [1.82, 2.24) is 4.90 Å². The second kappa shape index (κ2) is 9.32. The summed E-state index contributed by atoms with van der Waals surface area (Å²) in [6.45, 7) is 2.62. The highest BCUT2D eigenvalue weighted by atomic mass is 16.5. The van der Waals surface area contributed by atoms with E-state index in [0.29, 0.717) is 28.5 Å². The van der Waals surface area contributed by atoms with E-state index in [0.717, 1.165) is 19.4 Å². The Morgan fingerprint density at radius 1 is 1.07 bits per heavy atom. The Kier molecular flexibility index (Phi) is 6.59. The van der Waals surface area contributed by atoms with Crippen molar-refractivity contribution < 1.29 is 23.8 Å². The van der Waals surface area contributed by atoms with Crippen LogP contribution in [-0.4, -0.2) is 50.1 Å². The van der Waals surface area contributed by atoms with Gasteiger partial charge in [-0.15, -0.1) is 0 Å². The van der Waals surface area contributed by atoms with Gasteiger partial charge >= 0.3 is 0 Å². The molecular weight excluding hydrogens is 372 g/mol. The Morgan fingerprint density at radius 3 is 2.52 bits per heavy atom. The van der Waals surface area contributed by atoms with Gasteiger partial charge in [0.2, 0.25) is 0 Å². The number of methoxy groups -OCH3 is 2. The summed E-state index contributed by atoms with van der Waals surface area (Å²) in [5.41, 5.74) is 1.11. The Balaban J connectivity index is 1.65. The Hall–Kier alpha value is -3.22. The van der Waals surface area contributed by atoms with Crippen LogP contribution in [0.25, 0.3) is 0 Å². The lowest BCUT2D eigenvalue weighted by atomic mass is 10.1. The van der Waals surface area contributed by atoms with Gasteiger partial charge in [-0.05, 0) is 50.1 Å². The van der Waals surface area contributed by atoms with Crippen LogP contribution >= 0.6 is 0 Å². The maximum atomic E-state index is 12.7. The lowest BCUT2D eigenvalue weighted by molar-refractivity contribution is -0.118. The average Bonchev–Trinajstić information content (AvgIpc) is 3.17. The molecule has 7 heteroatoms. The minimum atomic E-state index is -0.331. The first-order valence-electron chi connectivity index (χ1n) is 9.58. The van der Waals surface area contributed by atoms with E-state index >= 15 is 0 Å². The molecule has 7 nitrogen and oxygen atoms in total. The molecule has 0 bridgehead atoms. The fourth-order valence-corrected chi connectivity index (χ4v) is 3.40. The first kappa shape index (κ1) is 20.5. The highest BCUT2D eigenvalue weighted by molar-refractivity contribution is 5.95. The number of carbonyl (C=O) groups excluding carboxylic acids is 2. The summed E-state index contributed by atoms with van der Waals surface area (Å²) in [5.74, 6) is 1.02. The zero-order valence-corrected chi connectivity index (χ0v) is 16.9. The molecule has 2 aromatic carbocycles. The van der Waals surface area contributed by atoms with Gasteiger partial charge in [0.05, 0.1) is 19.9 Å². The summed E-state index contributed by atoms with van der Waals surface area (Å²) in [6, 6.07) is 12.4. The highest BCUT2D eigenvalue weighted by Gasteiger charge is 2.26. The molecule has 2 amide bonds. The van der Waals surface area contributed by atoms with E-state index in [2.05, 4.69) is 12.2 Å². The van der Waals surface area contributed by atoms with Crippen molar-refractivity contribution in [3.05, 3.63) is 48.0 Å². The summed E-state index contributed by atoms with van der Waals surface area (Å²) >= 11 is 0. The molecule has 1 unspecified atom stereocenters. The van der Waals surface area contributed by atoms with Crippen molar-refractivity contribution in [2.24, 2.45) is 0 Å². The zero-order valence-electron chi connectivity index (χ0n) is 16.9. The molecule has 1 aliphatic rings. The molecule has 1 aliphatic heterocycles. The van der Waals surface area contributed by atoms with Crippen molar-refractivity contribution in [1.29, 1.82) is 0 Å². The van der Waals surface area contributed by atoms with Crippen LogP contribution in [0.3, 0.4) is 0 Å². The van der Waals surface area contributed by atoms with Crippen molar-refractivity contribution in [3.8, 4) is 17.2 Å². The summed E-state index contributed by atoms with van der Waals surface area (Å²) in [6.07, 6.45) is 2.04. The van der Waals surface area contributed by atoms with Crippen LogP contribution in [0.1, 0.15) is 30.1 Å². The molecule has 154 valence electrons. The molecule has 0 aliphatic carbocycles. The molecule has 1 fully saturated rings. The summed E-state index contributed by atoms with van der Waals surface area (Å²) < 4.78 is 16.2. The smallest absolute Gasteiger partial charge is 0.262 e. The molecule has 2 aromatic rings. The van der Waals surface area contributed by atoms with E-state index < -0.39 is 0 Å². The van der Waals surface area contributed by atoms with Gasteiger partial charge in [-0.3, -0.25) is 9.59 Å². The second-order valence-corrected chi connectivity index (χ2v) is 6.89. The van der Waals surface area contributed by atoms with Crippen molar-refractivity contribution in [2.45, 2.75) is 25.8 Å². The maximum Gasteiger partial charge on any atom is 0.262 e. The molecule has 3 rings (SSSR count). The minimum Gasteiger partial charge on any atom is -0.495 e. The third kappa shape index (κ3) is 4.80. The first-order chi connectivity index (χ1) is 14.0. The van der Waals surface area contributed by atoms with Crippen molar-refractivity contribution >= 4 is 17.5 Å².